The van der Waals surface area contributed by atoms with Crippen LogP contribution in [0.2, 0.25) is 0 Å². The minimum Gasteiger partial charge on any atom is -0.466 e. The first kappa shape index (κ1) is 14.5. The van der Waals surface area contributed by atoms with Crippen LogP contribution in [-0.4, -0.2) is 12.6 Å². The van der Waals surface area contributed by atoms with Gasteiger partial charge in [0.1, 0.15) is 0 Å². The second-order valence-electron chi connectivity index (χ2n) is 4.44. The highest BCUT2D eigenvalue weighted by molar-refractivity contribution is 5.65. The van der Waals surface area contributed by atoms with E-state index in [4.69, 9.17) is 4.74 Å². The second kappa shape index (κ2) is 8.51. The Bertz CT molecular complexity index is 357. The van der Waals surface area contributed by atoms with E-state index in [1.54, 1.807) is 0 Å². The molecule has 1 aromatic rings. The van der Waals surface area contributed by atoms with Crippen LogP contribution in [0.3, 0.4) is 0 Å². The third kappa shape index (κ3) is 5.67. The van der Waals surface area contributed by atoms with E-state index in [1.807, 2.05) is 12.1 Å². The fourth-order valence-electron chi connectivity index (χ4n) is 1.98. The molecule has 1 rings (SSSR count). The largest absolute Gasteiger partial charge is 0.466 e. The molecule has 0 aliphatic rings. The van der Waals surface area contributed by atoms with Crippen LogP contribution in [-0.2, 0) is 9.53 Å². The van der Waals surface area contributed by atoms with Gasteiger partial charge in [-0.2, -0.15) is 0 Å². The van der Waals surface area contributed by atoms with Crippen LogP contribution in [0, 0.1) is 0 Å². The van der Waals surface area contributed by atoms with Gasteiger partial charge in [-0.25, -0.2) is 0 Å². The summed E-state index contributed by atoms with van der Waals surface area (Å²) in [4.78, 5) is 10.6. The quantitative estimate of drug-likeness (QED) is 0.392. The molecule has 2 heteroatoms. The number of hydrogen-bond donors (Lipinski definition) is 0. The van der Waals surface area contributed by atoms with E-state index < -0.39 is 0 Å². The van der Waals surface area contributed by atoms with Crippen molar-refractivity contribution >= 4 is 5.97 Å². The van der Waals surface area contributed by atoms with Crippen LogP contribution in [0.25, 0.3) is 0 Å². The van der Waals surface area contributed by atoms with E-state index in [2.05, 4.69) is 30.8 Å². The van der Waals surface area contributed by atoms with E-state index >= 15 is 0 Å². The minimum atomic E-state index is -0.191. The first-order valence-electron chi connectivity index (χ1n) is 6.55. The molecule has 1 aromatic carbocycles. The van der Waals surface area contributed by atoms with Gasteiger partial charge in [-0.3, -0.25) is 4.79 Å². The van der Waals surface area contributed by atoms with Crippen molar-refractivity contribution in [3.63, 3.8) is 0 Å². The van der Waals surface area contributed by atoms with Crippen molar-refractivity contribution in [1.29, 1.82) is 0 Å². The second-order valence-corrected chi connectivity index (χ2v) is 4.44. The summed E-state index contributed by atoms with van der Waals surface area (Å²) in [6, 6.07) is 10.4. The molecular weight excluding hydrogens is 224 g/mol. The van der Waals surface area contributed by atoms with E-state index in [9.17, 15) is 4.79 Å². The molecule has 1 atom stereocenters. The van der Waals surface area contributed by atoms with Crippen LogP contribution in [0.15, 0.2) is 43.0 Å². The molecule has 0 spiro atoms. The smallest absolute Gasteiger partial charge is 0.302 e. The van der Waals surface area contributed by atoms with Crippen LogP contribution >= 0.6 is 0 Å². The summed E-state index contributed by atoms with van der Waals surface area (Å²) >= 11 is 0. The summed E-state index contributed by atoms with van der Waals surface area (Å²) < 4.78 is 4.90. The van der Waals surface area contributed by atoms with Crippen molar-refractivity contribution in [1.82, 2.24) is 0 Å². The van der Waals surface area contributed by atoms with E-state index in [0.29, 0.717) is 12.5 Å². The first-order chi connectivity index (χ1) is 8.74. The molecule has 0 unspecified atom stereocenters. The Morgan fingerprint density at radius 3 is 2.61 bits per heavy atom. The summed E-state index contributed by atoms with van der Waals surface area (Å²) in [5.74, 6) is 0.239. The lowest BCUT2D eigenvalue weighted by Crippen LogP contribution is -2.00. The fourth-order valence-corrected chi connectivity index (χ4v) is 1.98. The Hall–Kier alpha value is -1.57. The van der Waals surface area contributed by atoms with Crippen molar-refractivity contribution in [2.24, 2.45) is 0 Å². The average Bonchev–Trinajstić information content (AvgIpc) is 2.38. The zero-order valence-corrected chi connectivity index (χ0v) is 11.1. The number of hydrogen-bond acceptors (Lipinski definition) is 2. The van der Waals surface area contributed by atoms with Gasteiger partial charge >= 0.3 is 5.97 Å². The molecule has 2 nitrogen and oxygen atoms in total. The van der Waals surface area contributed by atoms with Crippen molar-refractivity contribution in [3.8, 4) is 0 Å². The number of carbonyl (C=O) groups excluding carboxylic acids is 1. The number of ether oxygens (including phenoxy) is 1. The number of unbranched alkanes of at least 4 members (excludes halogenated alkanes) is 2. The maximum atomic E-state index is 10.6. The van der Waals surface area contributed by atoms with Crippen molar-refractivity contribution in [2.75, 3.05) is 6.61 Å². The van der Waals surface area contributed by atoms with Crippen LogP contribution < -0.4 is 0 Å². The predicted octanol–water partition coefficient (Wildman–Crippen LogP) is 4.08. The Kier molecular flexibility index (Phi) is 6.85. The lowest BCUT2D eigenvalue weighted by molar-refractivity contribution is -0.141. The van der Waals surface area contributed by atoms with Gasteiger partial charge in [-0.05, 0) is 18.4 Å². The van der Waals surface area contributed by atoms with Crippen LogP contribution in [0.1, 0.15) is 44.1 Å². The number of benzene rings is 1. The number of rotatable bonds is 8. The molecule has 0 bridgehead atoms. The molecule has 0 radical (unpaired) electrons. The SMILES string of the molecule is C=C[C@@H](CCCCCOC(C)=O)c1ccccc1. The van der Waals surface area contributed by atoms with E-state index in [-0.39, 0.29) is 5.97 Å². The van der Waals surface area contributed by atoms with Gasteiger partial charge in [0.2, 0.25) is 0 Å². The standard InChI is InChI=1S/C16H22O2/c1-3-15(16-11-6-4-7-12-16)10-8-5-9-13-18-14(2)17/h3-4,6-7,11-12,15H,1,5,8-10,13H2,2H3/t15-/m0/s1. The summed E-state index contributed by atoms with van der Waals surface area (Å²) in [7, 11) is 0. The number of allylic oxidation sites excluding steroid dienone is 1. The van der Waals surface area contributed by atoms with Gasteiger partial charge in [0.05, 0.1) is 6.61 Å². The predicted molar refractivity (Wildman–Crippen MR) is 74.5 cm³/mol. The molecule has 0 saturated carbocycles. The molecule has 0 aliphatic carbocycles. The van der Waals surface area contributed by atoms with Crippen molar-refractivity contribution in [3.05, 3.63) is 48.6 Å². The highest BCUT2D eigenvalue weighted by Gasteiger charge is 2.06. The lowest BCUT2D eigenvalue weighted by atomic mass is 9.93. The Labute approximate surface area is 110 Å². The third-order valence-corrected chi connectivity index (χ3v) is 2.98. The molecule has 0 fully saturated rings. The molecule has 0 aliphatic heterocycles. The third-order valence-electron chi connectivity index (χ3n) is 2.98. The Morgan fingerprint density at radius 2 is 2.00 bits per heavy atom. The minimum absolute atomic E-state index is 0.191. The highest BCUT2D eigenvalue weighted by atomic mass is 16.5. The van der Waals surface area contributed by atoms with Gasteiger partial charge in [-0.15, -0.1) is 6.58 Å². The molecule has 0 N–H and O–H groups in total. The lowest BCUT2D eigenvalue weighted by Gasteiger charge is -2.12. The summed E-state index contributed by atoms with van der Waals surface area (Å²) in [5.41, 5.74) is 1.33. The summed E-state index contributed by atoms with van der Waals surface area (Å²) in [6.07, 6.45) is 6.28. The average molecular weight is 246 g/mol. The molecule has 0 aromatic heterocycles. The zero-order chi connectivity index (χ0) is 13.2. The van der Waals surface area contributed by atoms with Crippen molar-refractivity contribution < 1.29 is 9.53 Å². The van der Waals surface area contributed by atoms with Gasteiger partial charge in [0, 0.05) is 12.8 Å². The molecule has 98 valence electrons. The maximum Gasteiger partial charge on any atom is 0.302 e. The van der Waals surface area contributed by atoms with E-state index in [0.717, 1.165) is 25.7 Å². The highest BCUT2D eigenvalue weighted by Crippen LogP contribution is 2.23. The van der Waals surface area contributed by atoms with Crippen LogP contribution in [0.5, 0.6) is 0 Å². The monoisotopic (exact) mass is 246 g/mol. The fraction of sp³-hybridized carbons (Fsp3) is 0.438. The maximum absolute atomic E-state index is 10.6. The Morgan fingerprint density at radius 1 is 1.28 bits per heavy atom. The normalized spacial score (nSPS) is 11.8. The summed E-state index contributed by atoms with van der Waals surface area (Å²) in [5, 5.41) is 0. The topological polar surface area (TPSA) is 26.3 Å². The van der Waals surface area contributed by atoms with E-state index in [1.165, 1.54) is 12.5 Å². The molecule has 18 heavy (non-hydrogen) atoms. The number of esters is 1. The summed E-state index contributed by atoms with van der Waals surface area (Å²) in [6.45, 7) is 5.89. The number of carbonyl (C=O) groups is 1. The molecule has 0 heterocycles. The van der Waals surface area contributed by atoms with Gasteiger partial charge in [-0.1, -0.05) is 49.2 Å². The van der Waals surface area contributed by atoms with Crippen LogP contribution in [0.4, 0.5) is 0 Å². The van der Waals surface area contributed by atoms with Gasteiger partial charge in [0.15, 0.2) is 0 Å². The molecule has 0 amide bonds. The van der Waals surface area contributed by atoms with Crippen molar-refractivity contribution in [2.45, 2.75) is 38.5 Å². The molecule has 0 saturated heterocycles. The molecular formula is C16H22O2. The Balaban J connectivity index is 2.21. The zero-order valence-electron chi connectivity index (χ0n) is 11.1. The first-order valence-corrected chi connectivity index (χ1v) is 6.55. The van der Waals surface area contributed by atoms with Gasteiger partial charge in [0.25, 0.3) is 0 Å². The van der Waals surface area contributed by atoms with Gasteiger partial charge < -0.3 is 4.74 Å².